The molecule has 1 N–H and O–H groups in total. The molecule has 0 saturated heterocycles. The van der Waals surface area contributed by atoms with E-state index in [1.54, 1.807) is 7.11 Å². The highest BCUT2D eigenvalue weighted by molar-refractivity contribution is 7.89. The lowest BCUT2D eigenvalue weighted by atomic mass is 10.1. The Morgan fingerprint density at radius 1 is 1.22 bits per heavy atom. The molecule has 18 heavy (non-hydrogen) atoms. The molecule has 0 aliphatic rings. The summed E-state index contributed by atoms with van der Waals surface area (Å²) in [7, 11) is -1.48. The second kappa shape index (κ2) is 7.38. The first-order valence-electron chi connectivity index (χ1n) is 6.17. The van der Waals surface area contributed by atoms with Gasteiger partial charge in [0.25, 0.3) is 0 Å². The molecule has 0 spiro atoms. The number of benzene rings is 1. The lowest BCUT2D eigenvalue weighted by Gasteiger charge is -2.06. The largest absolute Gasteiger partial charge is 0.497 e. The van der Waals surface area contributed by atoms with Crippen LogP contribution in [0, 0.1) is 0 Å². The zero-order chi connectivity index (χ0) is 13.4. The summed E-state index contributed by atoms with van der Waals surface area (Å²) in [5, 5.41) is 0. The summed E-state index contributed by atoms with van der Waals surface area (Å²) < 4.78 is 30.8. The third-order valence-corrected chi connectivity index (χ3v) is 4.13. The van der Waals surface area contributed by atoms with Crippen LogP contribution >= 0.6 is 0 Å². The quantitative estimate of drug-likeness (QED) is 0.786. The maximum absolute atomic E-state index is 11.5. The number of nitrogens with one attached hydrogen (secondary N) is 1. The van der Waals surface area contributed by atoms with E-state index in [9.17, 15) is 8.42 Å². The summed E-state index contributed by atoms with van der Waals surface area (Å²) in [6.07, 6.45) is 2.28. The van der Waals surface area contributed by atoms with E-state index in [1.807, 2.05) is 31.2 Å². The molecule has 5 heteroatoms. The third-order valence-electron chi connectivity index (χ3n) is 2.66. The van der Waals surface area contributed by atoms with E-state index >= 15 is 0 Å². The van der Waals surface area contributed by atoms with Crippen molar-refractivity contribution in [2.24, 2.45) is 0 Å². The molecule has 1 aromatic carbocycles. The second-order valence-electron chi connectivity index (χ2n) is 4.16. The van der Waals surface area contributed by atoms with Gasteiger partial charge < -0.3 is 4.74 Å². The average Bonchev–Trinajstić information content (AvgIpc) is 2.37. The van der Waals surface area contributed by atoms with Gasteiger partial charge >= 0.3 is 0 Å². The van der Waals surface area contributed by atoms with Gasteiger partial charge in [0, 0.05) is 6.54 Å². The van der Waals surface area contributed by atoms with Gasteiger partial charge in [-0.1, -0.05) is 25.5 Å². The molecule has 0 fully saturated rings. The second-order valence-corrected chi connectivity index (χ2v) is 6.09. The Hall–Kier alpha value is -1.07. The van der Waals surface area contributed by atoms with E-state index in [0.717, 1.165) is 17.7 Å². The molecular formula is C13H21NO3S. The molecule has 0 radical (unpaired) electrons. The predicted octanol–water partition coefficient (Wildman–Crippen LogP) is 1.96. The molecule has 102 valence electrons. The van der Waals surface area contributed by atoms with Gasteiger partial charge in [-0.05, 0) is 30.5 Å². The Morgan fingerprint density at radius 2 is 1.89 bits per heavy atom. The van der Waals surface area contributed by atoms with Crippen LogP contribution in [0.2, 0.25) is 0 Å². The molecule has 0 aliphatic heterocycles. The summed E-state index contributed by atoms with van der Waals surface area (Å²) in [5.74, 6) is 1.02. The lowest BCUT2D eigenvalue weighted by molar-refractivity contribution is 0.414. The van der Waals surface area contributed by atoms with Crippen molar-refractivity contribution in [1.82, 2.24) is 4.72 Å². The average molecular weight is 271 g/mol. The highest BCUT2D eigenvalue weighted by atomic mass is 32.2. The minimum atomic E-state index is -3.10. The van der Waals surface area contributed by atoms with Gasteiger partial charge in [0.1, 0.15) is 5.75 Å². The lowest BCUT2D eigenvalue weighted by Crippen LogP contribution is -2.28. The molecule has 0 amide bonds. The van der Waals surface area contributed by atoms with Crippen LogP contribution in [-0.4, -0.2) is 27.8 Å². The van der Waals surface area contributed by atoms with Crippen LogP contribution in [-0.2, 0) is 16.4 Å². The summed E-state index contributed by atoms with van der Waals surface area (Å²) in [6, 6.07) is 7.64. The van der Waals surface area contributed by atoms with E-state index < -0.39 is 10.0 Å². The molecular weight excluding hydrogens is 250 g/mol. The Bertz CT molecular complexity index is 440. The van der Waals surface area contributed by atoms with Gasteiger partial charge in [0.05, 0.1) is 12.9 Å². The van der Waals surface area contributed by atoms with Crippen molar-refractivity contribution in [3.63, 3.8) is 0 Å². The number of hydrogen-bond acceptors (Lipinski definition) is 3. The molecule has 0 heterocycles. The maximum atomic E-state index is 11.5. The van der Waals surface area contributed by atoms with Crippen LogP contribution in [0.25, 0.3) is 0 Å². The molecule has 0 aliphatic carbocycles. The van der Waals surface area contributed by atoms with Gasteiger partial charge in [-0.2, -0.15) is 0 Å². The van der Waals surface area contributed by atoms with E-state index in [1.165, 1.54) is 0 Å². The van der Waals surface area contributed by atoms with Gasteiger partial charge in [-0.3, -0.25) is 0 Å². The van der Waals surface area contributed by atoms with Crippen molar-refractivity contribution in [3.8, 4) is 5.75 Å². The van der Waals surface area contributed by atoms with E-state index in [0.29, 0.717) is 19.4 Å². The number of sulfonamides is 1. The first-order valence-corrected chi connectivity index (χ1v) is 7.83. The molecule has 1 rings (SSSR count). The summed E-state index contributed by atoms with van der Waals surface area (Å²) in [5.41, 5.74) is 1.09. The normalized spacial score (nSPS) is 11.4. The Kier molecular flexibility index (Phi) is 6.15. The summed E-state index contributed by atoms with van der Waals surface area (Å²) in [4.78, 5) is 0. The third kappa shape index (κ3) is 5.51. The number of ether oxygens (including phenoxy) is 1. The van der Waals surface area contributed by atoms with Crippen molar-refractivity contribution in [2.75, 3.05) is 19.4 Å². The van der Waals surface area contributed by atoms with Crippen molar-refractivity contribution in [2.45, 2.75) is 26.2 Å². The van der Waals surface area contributed by atoms with Crippen LogP contribution in [0.5, 0.6) is 5.75 Å². The minimum Gasteiger partial charge on any atom is -0.497 e. The van der Waals surface area contributed by atoms with Gasteiger partial charge in [0.15, 0.2) is 0 Å². The highest BCUT2D eigenvalue weighted by Crippen LogP contribution is 2.11. The SMILES string of the molecule is CCCCS(=O)(=O)NCCc1ccc(OC)cc1. The monoisotopic (exact) mass is 271 g/mol. The standard InChI is InChI=1S/C13H21NO3S/c1-3-4-11-18(15,16)14-10-9-12-5-7-13(17-2)8-6-12/h5-8,14H,3-4,9-11H2,1-2H3. The smallest absolute Gasteiger partial charge is 0.211 e. The first-order chi connectivity index (χ1) is 8.57. The molecule has 1 aromatic rings. The van der Waals surface area contributed by atoms with E-state index in [4.69, 9.17) is 4.74 Å². The summed E-state index contributed by atoms with van der Waals surface area (Å²) >= 11 is 0. The minimum absolute atomic E-state index is 0.214. The first kappa shape index (κ1) is 15.0. The number of hydrogen-bond donors (Lipinski definition) is 1. The van der Waals surface area contributed by atoms with Crippen molar-refractivity contribution in [3.05, 3.63) is 29.8 Å². The fourth-order valence-corrected chi connectivity index (χ4v) is 2.78. The number of methoxy groups -OCH3 is 1. The summed E-state index contributed by atoms with van der Waals surface area (Å²) in [6.45, 7) is 2.42. The molecule has 0 unspecified atom stereocenters. The zero-order valence-electron chi connectivity index (χ0n) is 11.0. The zero-order valence-corrected chi connectivity index (χ0v) is 11.8. The van der Waals surface area contributed by atoms with Gasteiger partial charge in [0.2, 0.25) is 10.0 Å². The molecule has 0 aromatic heterocycles. The highest BCUT2D eigenvalue weighted by Gasteiger charge is 2.08. The predicted molar refractivity (Wildman–Crippen MR) is 73.4 cm³/mol. The van der Waals surface area contributed by atoms with Crippen molar-refractivity contribution in [1.29, 1.82) is 0 Å². The molecule has 0 saturated carbocycles. The van der Waals surface area contributed by atoms with Gasteiger partial charge in [-0.25, -0.2) is 13.1 Å². The van der Waals surface area contributed by atoms with Crippen LogP contribution in [0.4, 0.5) is 0 Å². The van der Waals surface area contributed by atoms with Crippen molar-refractivity contribution >= 4 is 10.0 Å². The van der Waals surface area contributed by atoms with Crippen LogP contribution in [0.1, 0.15) is 25.3 Å². The van der Waals surface area contributed by atoms with E-state index in [-0.39, 0.29) is 5.75 Å². The molecule has 0 bridgehead atoms. The van der Waals surface area contributed by atoms with Crippen LogP contribution in [0.3, 0.4) is 0 Å². The van der Waals surface area contributed by atoms with Gasteiger partial charge in [-0.15, -0.1) is 0 Å². The number of rotatable bonds is 8. The van der Waals surface area contributed by atoms with Crippen molar-refractivity contribution < 1.29 is 13.2 Å². The Balaban J connectivity index is 2.36. The van der Waals surface area contributed by atoms with E-state index in [2.05, 4.69) is 4.72 Å². The Morgan fingerprint density at radius 3 is 2.44 bits per heavy atom. The molecule has 4 nitrogen and oxygen atoms in total. The fraction of sp³-hybridized carbons (Fsp3) is 0.538. The topological polar surface area (TPSA) is 55.4 Å². The number of unbranched alkanes of at least 4 members (excludes halogenated alkanes) is 1. The van der Waals surface area contributed by atoms with Crippen LogP contribution < -0.4 is 9.46 Å². The maximum Gasteiger partial charge on any atom is 0.211 e. The molecule has 0 atom stereocenters. The Labute approximate surface area is 109 Å². The fourth-order valence-electron chi connectivity index (χ4n) is 1.55. The van der Waals surface area contributed by atoms with Crippen LogP contribution in [0.15, 0.2) is 24.3 Å².